The molecule has 4 heterocycles. The van der Waals surface area contributed by atoms with Crippen LogP contribution in [0.4, 0.5) is 5.82 Å². The highest BCUT2D eigenvalue weighted by Crippen LogP contribution is 2.27. The van der Waals surface area contributed by atoms with Crippen molar-refractivity contribution in [1.29, 1.82) is 0 Å². The molecule has 4 rings (SSSR count). The molecule has 10 nitrogen and oxygen atoms in total. The Morgan fingerprint density at radius 3 is 2.29 bits per heavy atom. The smallest absolute Gasteiger partial charge is 0.245 e. The number of imidazole rings is 1. The summed E-state index contributed by atoms with van der Waals surface area (Å²) in [6.07, 6.45) is 21.0. The van der Waals surface area contributed by atoms with Crippen molar-refractivity contribution in [3.63, 3.8) is 0 Å². The zero-order chi connectivity index (χ0) is 26.0. The molecule has 1 saturated heterocycles. The van der Waals surface area contributed by atoms with Gasteiger partial charge in [0.05, 0.1) is 18.8 Å². The van der Waals surface area contributed by atoms with Gasteiger partial charge in [0.15, 0.2) is 17.0 Å². The average Bonchev–Trinajstić information content (AvgIpc) is 3.29. The Morgan fingerprint density at radius 2 is 1.71 bits per heavy atom. The van der Waals surface area contributed by atoms with Gasteiger partial charge in [-0.1, -0.05) is 13.8 Å². The quantitative estimate of drug-likeness (QED) is 0.540. The summed E-state index contributed by atoms with van der Waals surface area (Å²) >= 11 is 0. The first-order valence-electron chi connectivity index (χ1n) is 11.3. The topological polar surface area (TPSA) is 111 Å². The molecule has 10 heteroatoms. The summed E-state index contributed by atoms with van der Waals surface area (Å²) in [7, 11) is 0. The van der Waals surface area contributed by atoms with Gasteiger partial charge in [-0.15, -0.1) is 25.7 Å². The molecule has 0 spiro atoms. The van der Waals surface area contributed by atoms with Crippen molar-refractivity contribution in [1.82, 2.24) is 34.4 Å². The number of nitrogens with one attached hydrogen (secondary N) is 1. The Bertz CT molecular complexity index is 1140. The van der Waals surface area contributed by atoms with E-state index in [9.17, 15) is 4.79 Å². The predicted molar refractivity (Wildman–Crippen MR) is 136 cm³/mol. The fraction of sp³-hybridized carbons (Fsp3) is 0.440. The lowest BCUT2D eigenvalue weighted by atomic mass is 10.0. The van der Waals surface area contributed by atoms with Crippen LogP contribution in [-0.2, 0) is 16.1 Å². The van der Waals surface area contributed by atoms with Gasteiger partial charge in [0.25, 0.3) is 0 Å². The van der Waals surface area contributed by atoms with Crippen molar-refractivity contribution in [3.05, 3.63) is 24.5 Å². The molecule has 35 heavy (non-hydrogen) atoms. The van der Waals surface area contributed by atoms with Crippen LogP contribution in [0.3, 0.4) is 0 Å². The molecule has 1 aliphatic heterocycles. The minimum atomic E-state index is -0.422. The molecule has 1 amide bonds. The summed E-state index contributed by atoms with van der Waals surface area (Å²) in [6, 6.07) is -0.422. The number of aromatic nitrogens is 6. The number of carbonyl (C=O) groups excluding carboxylic acids is 1. The monoisotopic (exact) mass is 476 g/mol. The second kappa shape index (κ2) is 13.0. The third kappa shape index (κ3) is 6.11. The van der Waals surface area contributed by atoms with Crippen molar-refractivity contribution >= 4 is 22.9 Å². The van der Waals surface area contributed by atoms with Crippen LogP contribution in [0, 0.1) is 38.5 Å². The highest BCUT2D eigenvalue weighted by Gasteiger charge is 2.29. The maximum absolute atomic E-state index is 13.2. The second-order valence-electron chi connectivity index (χ2n) is 7.90. The maximum Gasteiger partial charge on any atom is 0.245 e. The third-order valence-electron chi connectivity index (χ3n) is 5.44. The lowest BCUT2D eigenvalue weighted by Crippen LogP contribution is -2.50. The molecule has 0 unspecified atom stereocenters. The van der Waals surface area contributed by atoms with Crippen LogP contribution < -0.4 is 5.32 Å². The first kappa shape index (κ1) is 27.2. The van der Waals surface area contributed by atoms with E-state index in [1.807, 2.05) is 37.2 Å². The number of fused-ring (bicyclic) bond motifs is 1. The van der Waals surface area contributed by atoms with Crippen molar-refractivity contribution in [2.24, 2.45) is 5.92 Å². The Morgan fingerprint density at radius 1 is 1.09 bits per heavy atom. The second-order valence-corrected chi connectivity index (χ2v) is 7.90. The molecule has 1 aliphatic rings. The SMILES string of the molecule is C#C.C#C.CCn1c(-c2cnc(C)nc2)nc2c(N[C@H](C(=O)N3CCOCC3)C(C)C)ncnc21. The number of hydrogen-bond donors (Lipinski definition) is 1. The van der Waals surface area contributed by atoms with Gasteiger partial charge in [0, 0.05) is 32.0 Å². The Hall–Kier alpha value is -4.02. The number of aryl methyl sites for hydroxylation is 2. The molecule has 0 radical (unpaired) electrons. The highest BCUT2D eigenvalue weighted by molar-refractivity contribution is 5.90. The number of ether oxygens (including phenoxy) is 1. The number of rotatable bonds is 6. The van der Waals surface area contributed by atoms with Crippen LogP contribution in [-0.4, -0.2) is 72.6 Å². The van der Waals surface area contributed by atoms with Gasteiger partial charge < -0.3 is 19.5 Å². The summed E-state index contributed by atoms with van der Waals surface area (Å²) in [5, 5.41) is 3.35. The Balaban J connectivity index is 0.00000103. The summed E-state index contributed by atoms with van der Waals surface area (Å²) in [5.41, 5.74) is 2.14. The van der Waals surface area contributed by atoms with Gasteiger partial charge >= 0.3 is 0 Å². The standard InChI is InChI=1S/C21H28N8O2.2C2H2/c1-5-29-19(15-10-22-14(4)23-11-15)27-17-18(24-12-25-20(17)29)26-16(13(2)3)21(30)28-6-8-31-9-7-28;2*1-2/h10-13,16H,5-9H2,1-4H3,(H,24,25,26);2*1-2H/t16-;;/m0../s1. The summed E-state index contributed by atoms with van der Waals surface area (Å²) in [4.78, 5) is 37.3. The lowest BCUT2D eigenvalue weighted by Gasteiger charge is -2.32. The number of amides is 1. The van der Waals surface area contributed by atoms with E-state index in [2.05, 4.69) is 50.9 Å². The summed E-state index contributed by atoms with van der Waals surface area (Å²) in [5.74, 6) is 2.09. The summed E-state index contributed by atoms with van der Waals surface area (Å²) in [6.45, 7) is 10.9. The molecule has 1 atom stereocenters. The molecular weight excluding hydrogens is 444 g/mol. The molecule has 3 aromatic rings. The van der Waals surface area contributed by atoms with Crippen LogP contribution in [0.15, 0.2) is 18.7 Å². The number of nitrogens with zero attached hydrogens (tertiary/aromatic N) is 7. The zero-order valence-electron chi connectivity index (χ0n) is 20.7. The van der Waals surface area contributed by atoms with Crippen molar-refractivity contribution in [2.75, 3.05) is 31.6 Å². The van der Waals surface area contributed by atoms with Crippen LogP contribution in [0.2, 0.25) is 0 Å². The molecule has 0 aliphatic carbocycles. The maximum atomic E-state index is 13.2. The van der Waals surface area contributed by atoms with Crippen molar-refractivity contribution in [2.45, 2.75) is 40.3 Å². The predicted octanol–water partition coefficient (Wildman–Crippen LogP) is 2.41. The zero-order valence-corrected chi connectivity index (χ0v) is 20.7. The molecule has 0 aromatic carbocycles. The van der Waals surface area contributed by atoms with Crippen LogP contribution in [0.5, 0.6) is 0 Å². The lowest BCUT2D eigenvalue weighted by molar-refractivity contribution is -0.137. The largest absolute Gasteiger partial charge is 0.378 e. The Kier molecular flexibility index (Phi) is 10.1. The van der Waals surface area contributed by atoms with Crippen LogP contribution in [0.25, 0.3) is 22.6 Å². The van der Waals surface area contributed by atoms with E-state index in [0.29, 0.717) is 55.7 Å². The van der Waals surface area contributed by atoms with E-state index >= 15 is 0 Å². The minimum absolute atomic E-state index is 0.0483. The number of carbonyl (C=O) groups is 1. The number of hydrogen-bond acceptors (Lipinski definition) is 8. The van der Waals surface area contributed by atoms with Gasteiger partial charge in [-0.2, -0.15) is 0 Å². The van der Waals surface area contributed by atoms with Crippen LogP contribution in [0.1, 0.15) is 26.6 Å². The Labute approximate surface area is 206 Å². The van der Waals surface area contributed by atoms with Gasteiger partial charge in [0.1, 0.15) is 24.0 Å². The van der Waals surface area contributed by atoms with E-state index < -0.39 is 6.04 Å². The fourth-order valence-corrected chi connectivity index (χ4v) is 3.71. The molecule has 0 saturated carbocycles. The van der Waals surface area contributed by atoms with Gasteiger partial charge in [-0.05, 0) is 19.8 Å². The molecule has 0 bridgehead atoms. The van der Waals surface area contributed by atoms with E-state index in [4.69, 9.17) is 9.72 Å². The van der Waals surface area contributed by atoms with E-state index in [-0.39, 0.29) is 11.8 Å². The normalized spacial score (nSPS) is 13.8. The first-order valence-corrected chi connectivity index (χ1v) is 11.3. The third-order valence-corrected chi connectivity index (χ3v) is 5.44. The van der Waals surface area contributed by atoms with Crippen LogP contribution >= 0.6 is 0 Å². The first-order chi connectivity index (χ1) is 17.0. The highest BCUT2D eigenvalue weighted by atomic mass is 16.5. The number of morpholine rings is 1. The molecule has 184 valence electrons. The fourth-order valence-electron chi connectivity index (χ4n) is 3.71. The number of terminal acetylenes is 2. The van der Waals surface area contributed by atoms with E-state index in [1.54, 1.807) is 12.4 Å². The van der Waals surface area contributed by atoms with Crippen molar-refractivity contribution < 1.29 is 9.53 Å². The van der Waals surface area contributed by atoms with Gasteiger partial charge in [0.2, 0.25) is 5.91 Å². The van der Waals surface area contributed by atoms with E-state index in [0.717, 1.165) is 11.4 Å². The molecule has 1 fully saturated rings. The summed E-state index contributed by atoms with van der Waals surface area (Å²) < 4.78 is 7.39. The van der Waals surface area contributed by atoms with Crippen molar-refractivity contribution in [3.8, 4) is 37.1 Å². The van der Waals surface area contributed by atoms with Gasteiger partial charge in [-0.25, -0.2) is 24.9 Å². The van der Waals surface area contributed by atoms with Gasteiger partial charge in [-0.3, -0.25) is 4.79 Å². The molecule has 1 N–H and O–H groups in total. The average molecular weight is 477 g/mol. The number of anilines is 1. The molecular formula is C25H32N8O2. The molecule has 3 aromatic heterocycles. The van der Waals surface area contributed by atoms with E-state index in [1.165, 1.54) is 6.33 Å². The minimum Gasteiger partial charge on any atom is -0.378 e.